The predicted octanol–water partition coefficient (Wildman–Crippen LogP) is 3.47. The van der Waals surface area contributed by atoms with Crippen LogP contribution in [0.3, 0.4) is 0 Å². The summed E-state index contributed by atoms with van der Waals surface area (Å²) in [5, 5.41) is 0.682. The third kappa shape index (κ3) is 2.76. The Morgan fingerprint density at radius 3 is 2.72 bits per heavy atom. The highest BCUT2D eigenvalue weighted by atomic mass is 35.5. The number of benzene rings is 1. The maximum atomic E-state index is 13.1. The van der Waals surface area contributed by atoms with Crippen molar-refractivity contribution in [3.8, 4) is 0 Å². The lowest BCUT2D eigenvalue weighted by Gasteiger charge is -2.26. The third-order valence-electron chi connectivity index (χ3n) is 2.89. The number of anilines is 1. The van der Waals surface area contributed by atoms with Gasteiger partial charge in [0.2, 0.25) is 5.95 Å². The molecule has 0 bridgehead atoms. The van der Waals surface area contributed by atoms with Crippen LogP contribution >= 0.6 is 11.6 Å². The minimum Gasteiger partial charge on any atom is -0.353 e. The quantitative estimate of drug-likeness (QED) is 0.796. The molecule has 3 nitrogen and oxygen atoms in total. The van der Waals surface area contributed by atoms with Crippen LogP contribution in [0.2, 0.25) is 5.02 Å². The lowest BCUT2D eigenvalue weighted by Crippen LogP contribution is -2.22. The van der Waals surface area contributed by atoms with Gasteiger partial charge < -0.3 is 4.90 Å². The summed E-state index contributed by atoms with van der Waals surface area (Å²) in [6.45, 7) is 2.01. The standard InChI is InChI=1S/C13H13ClFN3/c1-9(10-4-3-5-11(14)6-10)18(2)13-7-12(15)16-8-17-13/h3-9H,1-2H3. The molecule has 0 aliphatic rings. The molecule has 1 atom stereocenters. The first-order valence-electron chi connectivity index (χ1n) is 5.54. The maximum Gasteiger partial charge on any atom is 0.218 e. The van der Waals surface area contributed by atoms with Gasteiger partial charge in [-0.05, 0) is 24.6 Å². The van der Waals surface area contributed by atoms with Crippen molar-refractivity contribution in [1.29, 1.82) is 0 Å². The van der Waals surface area contributed by atoms with E-state index in [4.69, 9.17) is 11.6 Å². The second-order valence-electron chi connectivity index (χ2n) is 4.04. The van der Waals surface area contributed by atoms with Crippen LogP contribution in [0.1, 0.15) is 18.5 Å². The zero-order valence-electron chi connectivity index (χ0n) is 10.1. The van der Waals surface area contributed by atoms with E-state index in [1.54, 1.807) is 0 Å². The van der Waals surface area contributed by atoms with E-state index in [0.717, 1.165) is 5.56 Å². The van der Waals surface area contributed by atoms with Crippen molar-refractivity contribution in [3.05, 3.63) is 53.2 Å². The van der Waals surface area contributed by atoms with Crippen LogP contribution in [0, 0.1) is 5.95 Å². The average Bonchev–Trinajstić information content (AvgIpc) is 2.37. The van der Waals surface area contributed by atoms with Gasteiger partial charge in [-0.25, -0.2) is 9.97 Å². The number of nitrogens with zero attached hydrogens (tertiary/aromatic N) is 3. The molecular formula is C13H13ClFN3. The molecule has 0 amide bonds. The lowest BCUT2D eigenvalue weighted by atomic mass is 10.1. The van der Waals surface area contributed by atoms with E-state index >= 15 is 0 Å². The smallest absolute Gasteiger partial charge is 0.218 e. The number of aromatic nitrogens is 2. The molecule has 0 fully saturated rings. The highest BCUT2D eigenvalue weighted by Crippen LogP contribution is 2.25. The monoisotopic (exact) mass is 265 g/mol. The third-order valence-corrected chi connectivity index (χ3v) is 3.13. The van der Waals surface area contributed by atoms with E-state index in [9.17, 15) is 4.39 Å². The summed E-state index contributed by atoms with van der Waals surface area (Å²) in [6, 6.07) is 8.93. The molecule has 0 saturated heterocycles. The lowest BCUT2D eigenvalue weighted by molar-refractivity contribution is 0.576. The van der Waals surface area contributed by atoms with Crippen LogP contribution in [0.15, 0.2) is 36.7 Å². The molecule has 1 aromatic carbocycles. The fourth-order valence-electron chi connectivity index (χ4n) is 1.71. The summed E-state index contributed by atoms with van der Waals surface area (Å²) in [4.78, 5) is 9.36. The minimum absolute atomic E-state index is 0.0398. The Labute approximate surface area is 110 Å². The fraction of sp³-hybridized carbons (Fsp3) is 0.231. The SMILES string of the molecule is CC(c1cccc(Cl)c1)N(C)c1cc(F)ncn1. The van der Waals surface area contributed by atoms with Crippen LogP contribution in [0.25, 0.3) is 0 Å². The van der Waals surface area contributed by atoms with Gasteiger partial charge in [-0.3, -0.25) is 0 Å². The van der Waals surface area contributed by atoms with Gasteiger partial charge in [-0.2, -0.15) is 4.39 Å². The molecule has 1 heterocycles. The molecule has 1 unspecified atom stereocenters. The number of hydrogen-bond acceptors (Lipinski definition) is 3. The van der Waals surface area contributed by atoms with Gasteiger partial charge in [0.05, 0.1) is 6.04 Å². The van der Waals surface area contributed by atoms with Gasteiger partial charge in [0, 0.05) is 18.1 Å². The van der Waals surface area contributed by atoms with Crippen molar-refractivity contribution >= 4 is 17.4 Å². The van der Waals surface area contributed by atoms with Crippen LogP contribution in [-0.2, 0) is 0 Å². The van der Waals surface area contributed by atoms with Gasteiger partial charge in [0.1, 0.15) is 12.1 Å². The van der Waals surface area contributed by atoms with Crippen LogP contribution < -0.4 is 4.90 Å². The van der Waals surface area contributed by atoms with E-state index in [1.807, 2.05) is 43.1 Å². The Morgan fingerprint density at radius 2 is 2.06 bits per heavy atom. The zero-order valence-corrected chi connectivity index (χ0v) is 10.9. The Bertz CT molecular complexity index is 498. The van der Waals surface area contributed by atoms with Crippen molar-refractivity contribution in [2.75, 3.05) is 11.9 Å². The van der Waals surface area contributed by atoms with E-state index in [0.29, 0.717) is 10.8 Å². The molecule has 0 aliphatic carbocycles. The Kier molecular flexibility index (Phi) is 3.77. The van der Waals surface area contributed by atoms with Crippen molar-refractivity contribution < 1.29 is 4.39 Å². The van der Waals surface area contributed by atoms with Gasteiger partial charge in [0.15, 0.2) is 0 Å². The Hall–Kier alpha value is -1.68. The fourth-order valence-corrected chi connectivity index (χ4v) is 1.90. The van der Waals surface area contributed by atoms with E-state index < -0.39 is 5.95 Å². The summed E-state index contributed by atoms with van der Waals surface area (Å²) in [6.07, 6.45) is 1.21. The highest BCUT2D eigenvalue weighted by Gasteiger charge is 2.14. The van der Waals surface area contributed by atoms with Gasteiger partial charge in [-0.1, -0.05) is 23.7 Å². The summed E-state index contributed by atoms with van der Waals surface area (Å²) in [7, 11) is 1.85. The normalized spacial score (nSPS) is 12.2. The summed E-state index contributed by atoms with van der Waals surface area (Å²) >= 11 is 5.96. The molecule has 5 heteroatoms. The molecule has 2 aromatic rings. The molecule has 0 spiro atoms. The highest BCUT2D eigenvalue weighted by molar-refractivity contribution is 6.30. The Morgan fingerprint density at radius 1 is 1.28 bits per heavy atom. The zero-order chi connectivity index (χ0) is 13.1. The molecule has 94 valence electrons. The second-order valence-corrected chi connectivity index (χ2v) is 4.48. The number of hydrogen-bond donors (Lipinski definition) is 0. The molecule has 1 aromatic heterocycles. The molecule has 0 aliphatic heterocycles. The van der Waals surface area contributed by atoms with Crippen molar-refractivity contribution in [3.63, 3.8) is 0 Å². The topological polar surface area (TPSA) is 29.0 Å². The number of rotatable bonds is 3. The van der Waals surface area contributed by atoms with Crippen molar-refractivity contribution in [2.45, 2.75) is 13.0 Å². The molecule has 2 rings (SSSR count). The first-order valence-corrected chi connectivity index (χ1v) is 5.91. The largest absolute Gasteiger partial charge is 0.353 e. The van der Waals surface area contributed by atoms with Crippen LogP contribution in [-0.4, -0.2) is 17.0 Å². The predicted molar refractivity (Wildman–Crippen MR) is 70.3 cm³/mol. The maximum absolute atomic E-state index is 13.1. The summed E-state index contributed by atoms with van der Waals surface area (Å²) < 4.78 is 13.1. The first kappa shape index (κ1) is 12.8. The summed E-state index contributed by atoms with van der Waals surface area (Å²) in [5.41, 5.74) is 1.05. The van der Waals surface area contributed by atoms with E-state index in [1.165, 1.54) is 12.4 Å². The molecule has 0 saturated carbocycles. The first-order chi connectivity index (χ1) is 8.58. The van der Waals surface area contributed by atoms with Gasteiger partial charge in [0.25, 0.3) is 0 Å². The van der Waals surface area contributed by atoms with E-state index in [2.05, 4.69) is 9.97 Å². The molecular weight excluding hydrogens is 253 g/mol. The Balaban J connectivity index is 2.26. The van der Waals surface area contributed by atoms with Crippen LogP contribution in [0.5, 0.6) is 0 Å². The van der Waals surface area contributed by atoms with Gasteiger partial charge in [-0.15, -0.1) is 0 Å². The van der Waals surface area contributed by atoms with Crippen molar-refractivity contribution in [1.82, 2.24) is 9.97 Å². The second kappa shape index (κ2) is 5.31. The molecule has 0 radical (unpaired) electrons. The van der Waals surface area contributed by atoms with E-state index in [-0.39, 0.29) is 6.04 Å². The molecule has 0 N–H and O–H groups in total. The van der Waals surface area contributed by atoms with Crippen molar-refractivity contribution in [2.24, 2.45) is 0 Å². The van der Waals surface area contributed by atoms with Gasteiger partial charge >= 0.3 is 0 Å². The van der Waals surface area contributed by atoms with Crippen LogP contribution in [0.4, 0.5) is 10.2 Å². The number of halogens is 2. The summed E-state index contributed by atoms with van der Waals surface area (Å²) in [5.74, 6) is 0.000111. The minimum atomic E-state index is -0.537. The average molecular weight is 266 g/mol. The molecule has 18 heavy (non-hydrogen) atoms.